The molecule has 1 aliphatic carbocycles. The van der Waals surface area contributed by atoms with Gasteiger partial charge in [0.2, 0.25) is 0 Å². The second-order valence-corrected chi connectivity index (χ2v) is 5.05. The Morgan fingerprint density at radius 2 is 1.94 bits per heavy atom. The summed E-state index contributed by atoms with van der Waals surface area (Å²) in [7, 11) is 0. The van der Waals surface area contributed by atoms with Crippen LogP contribution in [0.2, 0.25) is 0 Å². The molecule has 0 saturated heterocycles. The molecular formula is C15H28O3. The van der Waals surface area contributed by atoms with Crippen LogP contribution in [-0.2, 0) is 14.2 Å². The molecule has 3 nitrogen and oxygen atoms in total. The van der Waals surface area contributed by atoms with Crippen LogP contribution < -0.4 is 0 Å². The van der Waals surface area contributed by atoms with Crippen molar-refractivity contribution in [1.29, 1.82) is 0 Å². The fourth-order valence-corrected chi connectivity index (χ4v) is 2.41. The fourth-order valence-electron chi connectivity index (χ4n) is 2.41. The summed E-state index contributed by atoms with van der Waals surface area (Å²) in [6.45, 7) is 11.1. The summed E-state index contributed by atoms with van der Waals surface area (Å²) in [4.78, 5) is 0. The molecule has 2 atom stereocenters. The van der Waals surface area contributed by atoms with Gasteiger partial charge in [0.1, 0.15) is 0 Å². The molecule has 106 valence electrons. The zero-order valence-corrected chi connectivity index (χ0v) is 12.3. The van der Waals surface area contributed by atoms with Gasteiger partial charge in [-0.3, -0.25) is 0 Å². The minimum atomic E-state index is -0.212. The van der Waals surface area contributed by atoms with Crippen LogP contribution in [0.5, 0.6) is 0 Å². The normalized spacial score (nSPS) is 24.4. The molecule has 1 rings (SSSR count). The van der Waals surface area contributed by atoms with Gasteiger partial charge in [-0.1, -0.05) is 18.6 Å². The quantitative estimate of drug-likeness (QED) is 0.492. The van der Waals surface area contributed by atoms with E-state index < -0.39 is 0 Å². The van der Waals surface area contributed by atoms with E-state index in [9.17, 15) is 0 Å². The maximum absolute atomic E-state index is 5.77. The molecule has 0 bridgehead atoms. The average molecular weight is 256 g/mol. The van der Waals surface area contributed by atoms with Crippen LogP contribution in [0.3, 0.4) is 0 Å². The van der Waals surface area contributed by atoms with Gasteiger partial charge in [0.25, 0.3) is 0 Å². The van der Waals surface area contributed by atoms with Crippen molar-refractivity contribution in [2.75, 3.05) is 26.4 Å². The molecule has 0 aromatic heterocycles. The molecule has 18 heavy (non-hydrogen) atoms. The fraction of sp³-hybridized carbons (Fsp3) is 0.867. The molecular weight excluding hydrogens is 228 g/mol. The third-order valence-corrected chi connectivity index (χ3v) is 3.49. The largest absolute Gasteiger partial charge is 0.376 e. The first-order valence-electron chi connectivity index (χ1n) is 7.15. The van der Waals surface area contributed by atoms with Crippen molar-refractivity contribution in [3.8, 4) is 0 Å². The second kappa shape index (κ2) is 8.68. The van der Waals surface area contributed by atoms with E-state index in [0.29, 0.717) is 31.7 Å². The molecule has 0 aromatic rings. The molecule has 0 aromatic carbocycles. The number of hydrogen-bond donors (Lipinski definition) is 0. The summed E-state index contributed by atoms with van der Waals surface area (Å²) in [6, 6.07) is 0. The van der Waals surface area contributed by atoms with Gasteiger partial charge >= 0.3 is 0 Å². The smallest absolute Gasteiger partial charge is 0.180 e. The van der Waals surface area contributed by atoms with Crippen LogP contribution in [0.15, 0.2) is 11.6 Å². The number of ether oxygens (including phenoxy) is 3. The van der Waals surface area contributed by atoms with Crippen LogP contribution in [0.4, 0.5) is 0 Å². The third kappa shape index (κ3) is 5.51. The lowest BCUT2D eigenvalue weighted by atomic mass is 9.83. The molecule has 0 N–H and O–H groups in total. The Hall–Kier alpha value is -0.380. The summed E-state index contributed by atoms with van der Waals surface area (Å²) >= 11 is 0. The Kier molecular flexibility index (Phi) is 7.56. The monoisotopic (exact) mass is 256 g/mol. The highest BCUT2D eigenvalue weighted by Gasteiger charge is 2.20. The SMILES string of the molecule is CCOC(COCC1CCC(C)=CC1C)OCC. The summed E-state index contributed by atoms with van der Waals surface area (Å²) in [5.74, 6) is 1.26. The van der Waals surface area contributed by atoms with Gasteiger partial charge in [0.15, 0.2) is 6.29 Å². The predicted octanol–water partition coefficient (Wildman–Crippen LogP) is 3.39. The highest BCUT2D eigenvalue weighted by atomic mass is 16.7. The number of allylic oxidation sites excluding steroid dienone is 2. The lowest BCUT2D eigenvalue weighted by Gasteiger charge is -2.27. The maximum Gasteiger partial charge on any atom is 0.180 e. The van der Waals surface area contributed by atoms with Crippen molar-refractivity contribution in [2.45, 2.75) is 46.8 Å². The van der Waals surface area contributed by atoms with Gasteiger partial charge in [0.05, 0.1) is 13.2 Å². The Bertz CT molecular complexity index is 244. The van der Waals surface area contributed by atoms with Crippen molar-refractivity contribution in [3.63, 3.8) is 0 Å². The van der Waals surface area contributed by atoms with E-state index in [2.05, 4.69) is 19.9 Å². The van der Waals surface area contributed by atoms with Crippen LogP contribution in [0.1, 0.15) is 40.5 Å². The molecule has 0 aliphatic heterocycles. The molecule has 2 unspecified atom stereocenters. The summed E-state index contributed by atoms with van der Waals surface area (Å²) in [5, 5.41) is 0. The first kappa shape index (κ1) is 15.7. The summed E-state index contributed by atoms with van der Waals surface area (Å²) in [6.07, 6.45) is 4.60. The van der Waals surface area contributed by atoms with E-state index in [1.165, 1.54) is 18.4 Å². The van der Waals surface area contributed by atoms with Crippen LogP contribution in [-0.4, -0.2) is 32.7 Å². The standard InChI is InChI=1S/C15H28O3/c1-5-17-15(18-6-2)11-16-10-14-8-7-12(3)9-13(14)4/h9,13-15H,5-8,10-11H2,1-4H3. The van der Waals surface area contributed by atoms with Gasteiger partial charge in [0, 0.05) is 13.2 Å². The van der Waals surface area contributed by atoms with E-state index in [1.807, 2.05) is 13.8 Å². The van der Waals surface area contributed by atoms with E-state index in [1.54, 1.807) is 0 Å². The zero-order valence-electron chi connectivity index (χ0n) is 12.3. The van der Waals surface area contributed by atoms with Crippen LogP contribution in [0, 0.1) is 11.8 Å². The van der Waals surface area contributed by atoms with Gasteiger partial charge < -0.3 is 14.2 Å². The topological polar surface area (TPSA) is 27.7 Å². The van der Waals surface area contributed by atoms with Crippen LogP contribution >= 0.6 is 0 Å². The molecule has 0 heterocycles. The highest BCUT2D eigenvalue weighted by Crippen LogP contribution is 2.28. The maximum atomic E-state index is 5.77. The highest BCUT2D eigenvalue weighted by molar-refractivity contribution is 5.06. The van der Waals surface area contributed by atoms with Crippen molar-refractivity contribution in [1.82, 2.24) is 0 Å². The molecule has 0 amide bonds. The molecule has 0 spiro atoms. The van der Waals surface area contributed by atoms with Gasteiger partial charge in [-0.25, -0.2) is 0 Å². The molecule has 0 fully saturated rings. The molecule has 0 radical (unpaired) electrons. The van der Waals surface area contributed by atoms with E-state index in [-0.39, 0.29) is 6.29 Å². The van der Waals surface area contributed by atoms with Gasteiger partial charge in [-0.2, -0.15) is 0 Å². The predicted molar refractivity (Wildman–Crippen MR) is 73.5 cm³/mol. The van der Waals surface area contributed by atoms with Crippen molar-refractivity contribution < 1.29 is 14.2 Å². The zero-order chi connectivity index (χ0) is 13.4. The lowest BCUT2D eigenvalue weighted by molar-refractivity contribution is -0.170. The van der Waals surface area contributed by atoms with Gasteiger partial charge in [-0.05, 0) is 45.4 Å². The Morgan fingerprint density at radius 3 is 2.50 bits per heavy atom. The number of hydrogen-bond acceptors (Lipinski definition) is 3. The summed E-state index contributed by atoms with van der Waals surface area (Å²) in [5.41, 5.74) is 1.51. The van der Waals surface area contributed by atoms with E-state index >= 15 is 0 Å². The minimum Gasteiger partial charge on any atom is -0.376 e. The molecule has 1 aliphatic rings. The summed E-state index contributed by atoms with van der Waals surface area (Å²) < 4.78 is 16.7. The lowest BCUT2D eigenvalue weighted by Crippen LogP contribution is -2.27. The first-order valence-corrected chi connectivity index (χ1v) is 7.15. The average Bonchev–Trinajstić information content (AvgIpc) is 2.32. The Balaban J connectivity index is 2.24. The van der Waals surface area contributed by atoms with E-state index in [4.69, 9.17) is 14.2 Å². The minimum absolute atomic E-state index is 0.212. The van der Waals surface area contributed by atoms with Crippen LogP contribution in [0.25, 0.3) is 0 Å². The number of rotatable bonds is 8. The third-order valence-electron chi connectivity index (χ3n) is 3.49. The Labute approximate surface area is 111 Å². The Morgan fingerprint density at radius 1 is 1.28 bits per heavy atom. The van der Waals surface area contributed by atoms with E-state index in [0.717, 1.165) is 6.61 Å². The first-order chi connectivity index (χ1) is 8.67. The van der Waals surface area contributed by atoms with Crippen molar-refractivity contribution >= 4 is 0 Å². The van der Waals surface area contributed by atoms with Crippen molar-refractivity contribution in [2.24, 2.45) is 11.8 Å². The van der Waals surface area contributed by atoms with Crippen molar-refractivity contribution in [3.05, 3.63) is 11.6 Å². The second-order valence-electron chi connectivity index (χ2n) is 5.05. The molecule has 0 saturated carbocycles. The van der Waals surface area contributed by atoms with Gasteiger partial charge in [-0.15, -0.1) is 0 Å². The molecule has 3 heteroatoms.